The normalized spacial score (nSPS) is 13.4. The molecule has 1 rings (SSSR count). The predicted molar refractivity (Wildman–Crippen MR) is 61.9 cm³/mol. The number of hydrogen-bond donors (Lipinski definition) is 2. The Hall–Kier alpha value is -1.38. The van der Waals surface area contributed by atoms with Gasteiger partial charge in [0, 0.05) is 13.2 Å². The standard InChI is InChI=1S/C10H15NO6S/c1-3-7(6-16-2)11-18(14,15)9-5-4-8(17-9)10(12)13/h4-5,7,11H,3,6H2,1-2H3,(H,12,13). The maximum absolute atomic E-state index is 11.9. The molecule has 0 aliphatic heterocycles. The molecule has 0 aliphatic rings. The van der Waals surface area contributed by atoms with Crippen molar-refractivity contribution in [3.05, 3.63) is 17.9 Å². The van der Waals surface area contributed by atoms with Gasteiger partial charge in [0.1, 0.15) is 0 Å². The highest BCUT2D eigenvalue weighted by Gasteiger charge is 2.23. The summed E-state index contributed by atoms with van der Waals surface area (Å²) in [5.74, 6) is -1.74. The molecule has 0 saturated carbocycles. The van der Waals surface area contributed by atoms with Gasteiger partial charge in [-0.05, 0) is 18.6 Å². The molecule has 0 spiro atoms. The second kappa shape index (κ2) is 5.98. The number of carbonyl (C=O) groups is 1. The molecule has 1 aromatic heterocycles. The van der Waals surface area contributed by atoms with E-state index in [-0.39, 0.29) is 6.61 Å². The molecule has 0 saturated heterocycles. The summed E-state index contributed by atoms with van der Waals surface area (Å²) in [6.07, 6.45) is 0.541. The third-order valence-corrected chi connectivity index (χ3v) is 3.63. The van der Waals surface area contributed by atoms with E-state index < -0.39 is 32.9 Å². The summed E-state index contributed by atoms with van der Waals surface area (Å²) < 4.78 is 35.7. The van der Waals surface area contributed by atoms with Crippen molar-refractivity contribution in [3.63, 3.8) is 0 Å². The predicted octanol–water partition coefficient (Wildman–Crippen LogP) is 0.681. The molecule has 7 nitrogen and oxygen atoms in total. The molecule has 0 radical (unpaired) electrons. The number of furan rings is 1. The van der Waals surface area contributed by atoms with Crippen LogP contribution in [0.4, 0.5) is 0 Å². The first kappa shape index (κ1) is 14.7. The first-order valence-electron chi connectivity index (χ1n) is 5.25. The number of nitrogens with one attached hydrogen (secondary N) is 1. The van der Waals surface area contributed by atoms with E-state index in [2.05, 4.69) is 4.72 Å². The fourth-order valence-corrected chi connectivity index (χ4v) is 2.53. The van der Waals surface area contributed by atoms with Gasteiger partial charge in [0.15, 0.2) is 0 Å². The van der Waals surface area contributed by atoms with Crippen LogP contribution in [0, 0.1) is 0 Å². The fraction of sp³-hybridized carbons (Fsp3) is 0.500. The topological polar surface area (TPSA) is 106 Å². The maximum atomic E-state index is 11.9. The van der Waals surface area contributed by atoms with Gasteiger partial charge in [-0.15, -0.1) is 0 Å². The molecule has 18 heavy (non-hydrogen) atoms. The highest BCUT2D eigenvalue weighted by molar-refractivity contribution is 7.89. The largest absolute Gasteiger partial charge is 0.475 e. The Labute approximate surface area is 105 Å². The Morgan fingerprint density at radius 1 is 1.56 bits per heavy atom. The van der Waals surface area contributed by atoms with Crippen molar-refractivity contribution in [2.75, 3.05) is 13.7 Å². The van der Waals surface area contributed by atoms with Gasteiger partial charge in [-0.1, -0.05) is 6.92 Å². The number of methoxy groups -OCH3 is 1. The van der Waals surface area contributed by atoms with Crippen LogP contribution in [0.25, 0.3) is 0 Å². The van der Waals surface area contributed by atoms with E-state index >= 15 is 0 Å². The zero-order valence-corrected chi connectivity index (χ0v) is 10.9. The third-order valence-electron chi connectivity index (χ3n) is 2.24. The van der Waals surface area contributed by atoms with Crippen LogP contribution in [-0.2, 0) is 14.8 Å². The monoisotopic (exact) mass is 277 g/mol. The van der Waals surface area contributed by atoms with Crippen molar-refractivity contribution in [3.8, 4) is 0 Å². The molecule has 1 heterocycles. The van der Waals surface area contributed by atoms with Gasteiger partial charge in [0.05, 0.1) is 6.61 Å². The minimum atomic E-state index is -3.87. The summed E-state index contributed by atoms with van der Waals surface area (Å²) in [6.45, 7) is 2.03. The maximum Gasteiger partial charge on any atom is 0.371 e. The molecule has 0 bridgehead atoms. The summed E-state index contributed by atoms with van der Waals surface area (Å²) in [4.78, 5) is 10.6. The lowest BCUT2D eigenvalue weighted by atomic mass is 10.3. The highest BCUT2D eigenvalue weighted by atomic mass is 32.2. The Bertz CT molecular complexity index is 506. The number of sulfonamides is 1. The lowest BCUT2D eigenvalue weighted by molar-refractivity contribution is 0.0656. The van der Waals surface area contributed by atoms with E-state index in [1.54, 1.807) is 6.92 Å². The molecule has 1 unspecified atom stereocenters. The Morgan fingerprint density at radius 2 is 2.22 bits per heavy atom. The number of carboxylic acid groups (broad SMARTS) is 1. The van der Waals surface area contributed by atoms with Crippen LogP contribution in [-0.4, -0.2) is 39.3 Å². The molecular weight excluding hydrogens is 262 g/mol. The van der Waals surface area contributed by atoms with E-state index in [1.807, 2.05) is 0 Å². The van der Waals surface area contributed by atoms with Crippen molar-refractivity contribution in [2.24, 2.45) is 0 Å². The minimum absolute atomic E-state index is 0.224. The van der Waals surface area contributed by atoms with Gasteiger partial charge in [-0.25, -0.2) is 17.9 Å². The van der Waals surface area contributed by atoms with Crippen LogP contribution in [0.15, 0.2) is 21.6 Å². The molecule has 1 aromatic rings. The van der Waals surface area contributed by atoms with Crippen molar-refractivity contribution in [2.45, 2.75) is 24.5 Å². The lowest BCUT2D eigenvalue weighted by Crippen LogP contribution is -2.37. The number of hydrogen-bond acceptors (Lipinski definition) is 5. The Morgan fingerprint density at radius 3 is 2.67 bits per heavy atom. The van der Waals surface area contributed by atoms with Gasteiger partial charge in [-0.2, -0.15) is 0 Å². The van der Waals surface area contributed by atoms with E-state index in [4.69, 9.17) is 14.3 Å². The Balaban J connectivity index is 2.88. The molecule has 0 aromatic carbocycles. The average molecular weight is 277 g/mol. The molecular formula is C10H15NO6S. The Kier molecular flexibility index (Phi) is 4.88. The number of ether oxygens (including phenoxy) is 1. The van der Waals surface area contributed by atoms with E-state index in [0.29, 0.717) is 6.42 Å². The first-order valence-corrected chi connectivity index (χ1v) is 6.73. The van der Waals surface area contributed by atoms with Crippen molar-refractivity contribution < 1.29 is 27.5 Å². The summed E-state index contributed by atoms with van der Waals surface area (Å²) >= 11 is 0. The van der Waals surface area contributed by atoms with Crippen LogP contribution >= 0.6 is 0 Å². The van der Waals surface area contributed by atoms with Crippen molar-refractivity contribution in [1.29, 1.82) is 0 Å². The zero-order valence-electron chi connectivity index (χ0n) is 10.0. The summed E-state index contributed by atoms with van der Waals surface area (Å²) in [5, 5.41) is 8.23. The minimum Gasteiger partial charge on any atom is -0.475 e. The number of rotatable bonds is 7. The van der Waals surface area contributed by atoms with Crippen LogP contribution in [0.2, 0.25) is 0 Å². The van der Waals surface area contributed by atoms with Gasteiger partial charge in [0.25, 0.3) is 10.0 Å². The van der Waals surface area contributed by atoms with Crippen molar-refractivity contribution in [1.82, 2.24) is 4.72 Å². The molecule has 102 valence electrons. The highest BCUT2D eigenvalue weighted by Crippen LogP contribution is 2.14. The molecule has 1 atom stereocenters. The number of carboxylic acids is 1. The zero-order chi connectivity index (χ0) is 13.8. The van der Waals surface area contributed by atoms with Gasteiger partial charge in [0.2, 0.25) is 10.9 Å². The third kappa shape index (κ3) is 3.56. The first-order chi connectivity index (χ1) is 8.40. The van der Waals surface area contributed by atoms with Crippen LogP contribution in [0.1, 0.15) is 23.9 Å². The molecule has 8 heteroatoms. The summed E-state index contributed by atoms with van der Waals surface area (Å²) in [5.41, 5.74) is 0. The second-order valence-electron chi connectivity index (χ2n) is 3.61. The smallest absolute Gasteiger partial charge is 0.371 e. The summed E-state index contributed by atoms with van der Waals surface area (Å²) in [6, 6.07) is 1.80. The molecule has 0 amide bonds. The van der Waals surface area contributed by atoms with Gasteiger partial charge >= 0.3 is 5.97 Å². The van der Waals surface area contributed by atoms with Crippen LogP contribution in [0.5, 0.6) is 0 Å². The fourth-order valence-electron chi connectivity index (χ4n) is 1.29. The van der Waals surface area contributed by atoms with E-state index in [0.717, 1.165) is 12.1 Å². The van der Waals surface area contributed by atoms with Gasteiger partial charge in [-0.3, -0.25) is 0 Å². The quantitative estimate of drug-likeness (QED) is 0.759. The lowest BCUT2D eigenvalue weighted by Gasteiger charge is -2.14. The molecule has 0 fully saturated rings. The summed E-state index contributed by atoms with van der Waals surface area (Å²) in [7, 11) is -2.40. The van der Waals surface area contributed by atoms with Crippen molar-refractivity contribution >= 4 is 16.0 Å². The van der Waals surface area contributed by atoms with Crippen LogP contribution < -0.4 is 4.72 Å². The number of aromatic carboxylic acids is 1. The van der Waals surface area contributed by atoms with Gasteiger partial charge < -0.3 is 14.3 Å². The molecule has 0 aliphatic carbocycles. The molecule has 2 N–H and O–H groups in total. The van der Waals surface area contributed by atoms with Crippen LogP contribution in [0.3, 0.4) is 0 Å². The SMILES string of the molecule is CCC(COC)NS(=O)(=O)c1ccc(C(=O)O)o1. The van der Waals surface area contributed by atoms with E-state index in [1.165, 1.54) is 7.11 Å². The average Bonchev–Trinajstić information content (AvgIpc) is 2.78. The van der Waals surface area contributed by atoms with E-state index in [9.17, 15) is 13.2 Å². The second-order valence-corrected chi connectivity index (χ2v) is 5.25.